The second kappa shape index (κ2) is 10.3. The Bertz CT molecular complexity index is 458. The summed E-state index contributed by atoms with van der Waals surface area (Å²) in [6.45, 7) is 7.25. The van der Waals surface area contributed by atoms with Crippen LogP contribution in [0, 0.1) is 0 Å². The first kappa shape index (κ1) is 20.4. The SMILES string of the molecule is CCCC(N)C(=O)NCC(c1cccs1)N1CCOC(C)C1.Cl. The van der Waals surface area contributed by atoms with E-state index in [4.69, 9.17) is 10.5 Å². The molecule has 23 heavy (non-hydrogen) atoms. The van der Waals surface area contributed by atoms with Crippen molar-refractivity contribution in [1.82, 2.24) is 10.2 Å². The minimum Gasteiger partial charge on any atom is -0.376 e. The largest absolute Gasteiger partial charge is 0.376 e. The molecule has 3 unspecified atom stereocenters. The number of carbonyl (C=O) groups is 1. The monoisotopic (exact) mass is 361 g/mol. The summed E-state index contributed by atoms with van der Waals surface area (Å²) in [5, 5.41) is 5.11. The highest BCUT2D eigenvalue weighted by atomic mass is 35.5. The second-order valence-electron chi connectivity index (χ2n) is 5.85. The van der Waals surface area contributed by atoms with Crippen molar-refractivity contribution >= 4 is 29.7 Å². The van der Waals surface area contributed by atoms with Crippen molar-refractivity contribution in [2.24, 2.45) is 5.73 Å². The Kier molecular flexibility index (Phi) is 9.09. The Morgan fingerprint density at radius 1 is 1.61 bits per heavy atom. The number of halogens is 1. The summed E-state index contributed by atoms with van der Waals surface area (Å²) < 4.78 is 5.63. The maximum atomic E-state index is 12.1. The van der Waals surface area contributed by atoms with Crippen LogP contribution >= 0.6 is 23.7 Å². The fraction of sp³-hybridized carbons (Fsp3) is 0.688. The van der Waals surface area contributed by atoms with Gasteiger partial charge in [-0.3, -0.25) is 9.69 Å². The lowest BCUT2D eigenvalue weighted by Crippen LogP contribution is -2.48. The predicted octanol–water partition coefficient (Wildman–Crippen LogP) is 2.18. The van der Waals surface area contributed by atoms with Crippen LogP contribution in [0.1, 0.15) is 37.6 Å². The first-order valence-electron chi connectivity index (χ1n) is 8.04. The van der Waals surface area contributed by atoms with E-state index in [1.165, 1.54) is 4.88 Å². The third-order valence-corrected chi connectivity index (χ3v) is 4.96. The number of hydrogen-bond acceptors (Lipinski definition) is 5. The maximum Gasteiger partial charge on any atom is 0.236 e. The van der Waals surface area contributed by atoms with E-state index in [1.54, 1.807) is 11.3 Å². The summed E-state index contributed by atoms with van der Waals surface area (Å²) in [6.07, 6.45) is 1.88. The number of nitrogens with two attached hydrogens (primary N) is 1. The van der Waals surface area contributed by atoms with Gasteiger partial charge in [0.05, 0.1) is 24.8 Å². The molecule has 0 aromatic carbocycles. The zero-order chi connectivity index (χ0) is 15.9. The molecule has 1 aliphatic rings. The number of thiophene rings is 1. The Morgan fingerprint density at radius 2 is 2.39 bits per heavy atom. The molecule has 0 radical (unpaired) electrons. The van der Waals surface area contributed by atoms with Crippen LogP contribution in [0.25, 0.3) is 0 Å². The second-order valence-corrected chi connectivity index (χ2v) is 6.83. The lowest BCUT2D eigenvalue weighted by molar-refractivity contribution is -0.122. The lowest BCUT2D eigenvalue weighted by Gasteiger charge is -2.37. The highest BCUT2D eigenvalue weighted by Crippen LogP contribution is 2.26. The molecule has 0 saturated carbocycles. The van der Waals surface area contributed by atoms with E-state index in [-0.39, 0.29) is 30.5 Å². The number of nitrogens with one attached hydrogen (secondary N) is 1. The molecule has 1 aromatic heterocycles. The van der Waals surface area contributed by atoms with E-state index in [9.17, 15) is 4.79 Å². The molecule has 1 aromatic rings. The molecule has 7 heteroatoms. The number of hydrogen-bond donors (Lipinski definition) is 2. The third-order valence-electron chi connectivity index (χ3n) is 3.99. The fourth-order valence-corrected chi connectivity index (χ4v) is 3.65. The number of ether oxygens (including phenoxy) is 1. The van der Waals surface area contributed by atoms with Crippen LogP contribution < -0.4 is 11.1 Å². The zero-order valence-electron chi connectivity index (χ0n) is 13.9. The number of morpholine rings is 1. The molecule has 132 valence electrons. The van der Waals surface area contributed by atoms with Gasteiger partial charge in [-0.05, 0) is 24.8 Å². The molecule has 1 aliphatic heterocycles. The Morgan fingerprint density at radius 3 is 3.00 bits per heavy atom. The van der Waals surface area contributed by atoms with Gasteiger partial charge in [0.25, 0.3) is 0 Å². The van der Waals surface area contributed by atoms with E-state index in [0.29, 0.717) is 6.54 Å². The van der Waals surface area contributed by atoms with Crippen LogP contribution in [0.15, 0.2) is 17.5 Å². The molecule has 1 amide bonds. The zero-order valence-corrected chi connectivity index (χ0v) is 15.5. The van der Waals surface area contributed by atoms with Crippen molar-refractivity contribution < 1.29 is 9.53 Å². The number of carbonyl (C=O) groups excluding carboxylic acids is 1. The minimum absolute atomic E-state index is 0. The van der Waals surface area contributed by atoms with Gasteiger partial charge in [0.1, 0.15) is 0 Å². The predicted molar refractivity (Wildman–Crippen MR) is 97.2 cm³/mol. The van der Waals surface area contributed by atoms with Gasteiger partial charge in [-0.25, -0.2) is 0 Å². The van der Waals surface area contributed by atoms with E-state index in [1.807, 2.05) is 6.92 Å². The van der Waals surface area contributed by atoms with Crippen LogP contribution in [0.4, 0.5) is 0 Å². The van der Waals surface area contributed by atoms with Crippen LogP contribution in [-0.4, -0.2) is 49.2 Å². The molecule has 3 N–H and O–H groups in total. The third kappa shape index (κ3) is 6.04. The summed E-state index contributed by atoms with van der Waals surface area (Å²) in [6, 6.07) is 3.98. The van der Waals surface area contributed by atoms with Gasteiger partial charge >= 0.3 is 0 Å². The quantitative estimate of drug-likeness (QED) is 0.781. The van der Waals surface area contributed by atoms with Gasteiger partial charge in [-0.1, -0.05) is 19.4 Å². The molecule has 0 bridgehead atoms. The Hall–Kier alpha value is -0.660. The van der Waals surface area contributed by atoms with Crippen LogP contribution in [-0.2, 0) is 9.53 Å². The van der Waals surface area contributed by atoms with E-state index >= 15 is 0 Å². The average Bonchev–Trinajstić information content (AvgIpc) is 3.01. The molecule has 2 heterocycles. The first-order valence-corrected chi connectivity index (χ1v) is 8.92. The smallest absolute Gasteiger partial charge is 0.236 e. The normalized spacial score (nSPS) is 21.3. The van der Waals surface area contributed by atoms with Crippen molar-refractivity contribution in [2.45, 2.75) is 44.9 Å². The van der Waals surface area contributed by atoms with Crippen molar-refractivity contribution in [3.05, 3.63) is 22.4 Å². The number of nitrogens with zero attached hydrogens (tertiary/aromatic N) is 1. The molecule has 2 rings (SSSR count). The van der Waals surface area contributed by atoms with Crippen LogP contribution in [0.5, 0.6) is 0 Å². The van der Waals surface area contributed by atoms with Crippen LogP contribution in [0.2, 0.25) is 0 Å². The van der Waals surface area contributed by atoms with Crippen molar-refractivity contribution in [3.63, 3.8) is 0 Å². The lowest BCUT2D eigenvalue weighted by atomic mass is 10.1. The number of rotatable bonds is 7. The van der Waals surface area contributed by atoms with Crippen molar-refractivity contribution in [3.8, 4) is 0 Å². The van der Waals surface area contributed by atoms with Gasteiger partial charge in [-0.15, -0.1) is 23.7 Å². The standard InChI is InChI=1S/C16H27N3O2S.ClH/c1-3-5-13(17)16(20)18-10-14(15-6-4-9-22-15)19-7-8-21-12(2)11-19;/h4,6,9,12-14H,3,5,7-8,10-11,17H2,1-2H3,(H,18,20);1H. The molecule has 0 aliphatic carbocycles. The summed E-state index contributed by atoms with van der Waals surface area (Å²) in [7, 11) is 0. The van der Waals surface area contributed by atoms with E-state index < -0.39 is 6.04 Å². The molecule has 1 saturated heterocycles. The number of amides is 1. The molecule has 3 atom stereocenters. The van der Waals surface area contributed by atoms with Gasteiger partial charge < -0.3 is 15.8 Å². The molecule has 5 nitrogen and oxygen atoms in total. The average molecular weight is 362 g/mol. The van der Waals surface area contributed by atoms with Gasteiger partial charge in [0.2, 0.25) is 5.91 Å². The topological polar surface area (TPSA) is 67.6 Å². The van der Waals surface area contributed by atoms with Gasteiger partial charge in [0, 0.05) is 24.5 Å². The molecular formula is C16H28ClN3O2S. The highest BCUT2D eigenvalue weighted by molar-refractivity contribution is 7.10. The highest BCUT2D eigenvalue weighted by Gasteiger charge is 2.27. The maximum absolute atomic E-state index is 12.1. The van der Waals surface area contributed by atoms with Crippen molar-refractivity contribution in [1.29, 1.82) is 0 Å². The van der Waals surface area contributed by atoms with Crippen molar-refractivity contribution in [2.75, 3.05) is 26.2 Å². The molecule has 0 spiro atoms. The van der Waals surface area contributed by atoms with Crippen LogP contribution in [0.3, 0.4) is 0 Å². The Labute approximate surface area is 149 Å². The van der Waals surface area contributed by atoms with E-state index in [2.05, 4.69) is 34.7 Å². The summed E-state index contributed by atoms with van der Waals surface area (Å²) in [4.78, 5) is 15.7. The summed E-state index contributed by atoms with van der Waals surface area (Å²) in [5.41, 5.74) is 5.89. The Balaban J connectivity index is 0.00000264. The summed E-state index contributed by atoms with van der Waals surface area (Å²) in [5.74, 6) is -0.0512. The van der Waals surface area contributed by atoms with Gasteiger partial charge in [-0.2, -0.15) is 0 Å². The van der Waals surface area contributed by atoms with Gasteiger partial charge in [0.15, 0.2) is 0 Å². The first-order chi connectivity index (χ1) is 10.6. The summed E-state index contributed by atoms with van der Waals surface area (Å²) >= 11 is 1.73. The minimum atomic E-state index is -0.405. The van der Waals surface area contributed by atoms with E-state index in [0.717, 1.165) is 32.5 Å². The molecular weight excluding hydrogens is 334 g/mol. The molecule has 1 fully saturated rings. The fourth-order valence-electron chi connectivity index (χ4n) is 2.79.